The molecule has 2 aromatic rings. The van der Waals surface area contributed by atoms with Crippen LogP contribution in [0.1, 0.15) is 27.7 Å². The second-order valence-electron chi connectivity index (χ2n) is 8.89. The maximum Gasteiger partial charge on any atom is 0.243 e. The number of aromatic hydroxyl groups is 1. The molecule has 0 radical (unpaired) electrons. The minimum atomic E-state index is -3.96. The maximum absolute atomic E-state index is 13.2. The molecule has 1 atom stereocenters. The molecular formula is C23H34N2O6S2. The molecule has 33 heavy (non-hydrogen) atoms. The van der Waals surface area contributed by atoms with Gasteiger partial charge in [-0.1, -0.05) is 45.9 Å². The van der Waals surface area contributed by atoms with Crippen molar-refractivity contribution in [2.75, 3.05) is 26.2 Å². The zero-order chi connectivity index (χ0) is 24.8. The monoisotopic (exact) mass is 498 g/mol. The van der Waals surface area contributed by atoms with Gasteiger partial charge in [0.25, 0.3) is 0 Å². The molecule has 0 aromatic heterocycles. The van der Waals surface area contributed by atoms with Crippen molar-refractivity contribution in [3.63, 3.8) is 0 Å². The fourth-order valence-electron chi connectivity index (χ4n) is 3.39. The van der Waals surface area contributed by atoms with E-state index in [1.807, 2.05) is 27.7 Å². The molecule has 0 saturated heterocycles. The van der Waals surface area contributed by atoms with E-state index in [-0.39, 0.29) is 53.6 Å². The normalized spacial score (nSPS) is 13.8. The zero-order valence-corrected chi connectivity index (χ0v) is 21.1. The Hall–Kier alpha value is -1.98. The average molecular weight is 499 g/mol. The number of rotatable bonds is 12. The minimum absolute atomic E-state index is 0.00295. The summed E-state index contributed by atoms with van der Waals surface area (Å²) in [6, 6.07) is 13.1. The largest absolute Gasteiger partial charge is 0.508 e. The van der Waals surface area contributed by atoms with E-state index in [1.165, 1.54) is 40.7 Å². The number of phenols is 1. The summed E-state index contributed by atoms with van der Waals surface area (Å²) in [4.78, 5) is 0.109. The van der Waals surface area contributed by atoms with Crippen LogP contribution in [0.15, 0.2) is 64.4 Å². The van der Waals surface area contributed by atoms with Crippen LogP contribution < -0.4 is 0 Å². The second kappa shape index (κ2) is 11.4. The van der Waals surface area contributed by atoms with Crippen LogP contribution in [-0.2, 0) is 20.0 Å². The number of aliphatic hydroxyl groups excluding tert-OH is 1. The second-order valence-corrected chi connectivity index (χ2v) is 12.8. The Bertz CT molecular complexity index is 1090. The number of benzene rings is 2. The summed E-state index contributed by atoms with van der Waals surface area (Å²) in [5.74, 6) is -0.0769. The lowest BCUT2D eigenvalue weighted by atomic mass is 10.2. The molecule has 0 heterocycles. The molecule has 0 spiro atoms. The first-order valence-corrected chi connectivity index (χ1v) is 13.7. The Labute approximate surface area is 197 Å². The van der Waals surface area contributed by atoms with E-state index >= 15 is 0 Å². The van der Waals surface area contributed by atoms with E-state index in [0.717, 1.165) is 4.31 Å². The topological polar surface area (TPSA) is 115 Å². The molecule has 2 rings (SSSR count). The molecule has 2 N–H and O–H groups in total. The van der Waals surface area contributed by atoms with Gasteiger partial charge in [0.2, 0.25) is 20.0 Å². The van der Waals surface area contributed by atoms with Crippen molar-refractivity contribution < 1.29 is 27.0 Å². The Kier molecular flexibility index (Phi) is 9.45. The number of hydrogen-bond acceptors (Lipinski definition) is 6. The van der Waals surface area contributed by atoms with Crippen molar-refractivity contribution in [1.29, 1.82) is 0 Å². The molecule has 0 saturated carbocycles. The van der Waals surface area contributed by atoms with Crippen LogP contribution >= 0.6 is 0 Å². The molecule has 0 aliphatic carbocycles. The van der Waals surface area contributed by atoms with E-state index in [1.54, 1.807) is 18.2 Å². The van der Waals surface area contributed by atoms with E-state index in [0.29, 0.717) is 0 Å². The number of sulfonamides is 2. The average Bonchev–Trinajstić information content (AvgIpc) is 2.73. The van der Waals surface area contributed by atoms with Gasteiger partial charge in [-0.25, -0.2) is 16.8 Å². The van der Waals surface area contributed by atoms with Crippen LogP contribution in [0.4, 0.5) is 0 Å². The molecule has 10 heteroatoms. The third-order valence-corrected chi connectivity index (χ3v) is 8.51. The van der Waals surface area contributed by atoms with Crippen molar-refractivity contribution in [3.8, 4) is 5.75 Å². The molecule has 0 aliphatic heterocycles. The third kappa shape index (κ3) is 7.51. The lowest BCUT2D eigenvalue weighted by Crippen LogP contribution is -2.46. The van der Waals surface area contributed by atoms with E-state index < -0.39 is 26.2 Å². The first-order chi connectivity index (χ1) is 15.3. The van der Waals surface area contributed by atoms with Gasteiger partial charge >= 0.3 is 0 Å². The van der Waals surface area contributed by atoms with Crippen LogP contribution in [0.2, 0.25) is 0 Å². The lowest BCUT2D eigenvalue weighted by molar-refractivity contribution is 0.116. The summed E-state index contributed by atoms with van der Waals surface area (Å²) < 4.78 is 55.1. The SMILES string of the molecule is CC(C)CN(CC(O)CN(CC(C)C)S(=O)(=O)c1ccc(O)cc1)S(=O)(=O)c1ccccc1. The molecule has 0 fully saturated rings. The molecule has 0 amide bonds. The first-order valence-electron chi connectivity index (χ1n) is 10.9. The van der Waals surface area contributed by atoms with Crippen LogP contribution in [-0.4, -0.2) is 67.9 Å². The molecule has 8 nitrogen and oxygen atoms in total. The highest BCUT2D eigenvalue weighted by molar-refractivity contribution is 7.89. The molecule has 184 valence electrons. The van der Waals surface area contributed by atoms with Gasteiger partial charge in [-0.3, -0.25) is 0 Å². The van der Waals surface area contributed by atoms with Gasteiger partial charge in [-0.15, -0.1) is 0 Å². The smallest absolute Gasteiger partial charge is 0.243 e. The van der Waals surface area contributed by atoms with Gasteiger partial charge in [-0.2, -0.15) is 8.61 Å². The van der Waals surface area contributed by atoms with Crippen LogP contribution in [0.5, 0.6) is 5.75 Å². The molecule has 0 bridgehead atoms. The summed E-state index contributed by atoms with van der Waals surface area (Å²) in [6.45, 7) is 7.29. The highest BCUT2D eigenvalue weighted by Crippen LogP contribution is 2.22. The van der Waals surface area contributed by atoms with Crippen LogP contribution in [0.3, 0.4) is 0 Å². The van der Waals surface area contributed by atoms with Gasteiger partial charge < -0.3 is 10.2 Å². The van der Waals surface area contributed by atoms with E-state index in [4.69, 9.17) is 0 Å². The van der Waals surface area contributed by atoms with Crippen molar-refractivity contribution in [2.45, 2.75) is 43.6 Å². The maximum atomic E-state index is 13.2. The summed E-state index contributed by atoms with van der Waals surface area (Å²) >= 11 is 0. The number of nitrogens with zero attached hydrogens (tertiary/aromatic N) is 2. The Morgan fingerprint density at radius 1 is 0.667 bits per heavy atom. The fraction of sp³-hybridized carbons (Fsp3) is 0.478. The van der Waals surface area contributed by atoms with Gasteiger partial charge in [0.15, 0.2) is 0 Å². The molecular weight excluding hydrogens is 464 g/mol. The van der Waals surface area contributed by atoms with Gasteiger partial charge in [0, 0.05) is 26.2 Å². The standard InChI is InChI=1S/C23H34N2O6S2/c1-18(2)14-24(32(28,29)22-8-6-5-7-9-22)16-21(27)17-25(15-19(3)4)33(30,31)23-12-10-20(26)11-13-23/h5-13,18-19,21,26-27H,14-17H2,1-4H3. The molecule has 1 unspecified atom stereocenters. The number of phenolic OH excluding ortho intramolecular Hbond substituents is 1. The van der Waals surface area contributed by atoms with Crippen molar-refractivity contribution >= 4 is 20.0 Å². The van der Waals surface area contributed by atoms with Crippen LogP contribution in [0, 0.1) is 11.8 Å². The van der Waals surface area contributed by atoms with Gasteiger partial charge in [0.1, 0.15) is 5.75 Å². The summed E-state index contributed by atoms with van der Waals surface area (Å²) in [5, 5.41) is 20.3. The van der Waals surface area contributed by atoms with E-state index in [2.05, 4.69) is 0 Å². The third-order valence-electron chi connectivity index (χ3n) is 4.82. The Morgan fingerprint density at radius 3 is 1.45 bits per heavy atom. The summed E-state index contributed by atoms with van der Waals surface area (Å²) in [6.07, 6.45) is -1.24. The quantitative estimate of drug-likeness (QED) is 0.465. The summed E-state index contributed by atoms with van der Waals surface area (Å²) in [5.41, 5.74) is 0. The van der Waals surface area contributed by atoms with Crippen molar-refractivity contribution in [3.05, 3.63) is 54.6 Å². The highest BCUT2D eigenvalue weighted by Gasteiger charge is 2.31. The highest BCUT2D eigenvalue weighted by atomic mass is 32.2. The Balaban J connectivity index is 2.29. The van der Waals surface area contributed by atoms with Gasteiger partial charge in [-0.05, 0) is 48.2 Å². The molecule has 0 aliphatic rings. The number of aliphatic hydroxyl groups is 1. The van der Waals surface area contributed by atoms with Crippen molar-refractivity contribution in [2.24, 2.45) is 11.8 Å². The van der Waals surface area contributed by atoms with Gasteiger partial charge in [0.05, 0.1) is 15.9 Å². The predicted octanol–water partition coefficient (Wildman–Crippen LogP) is 2.75. The lowest BCUT2D eigenvalue weighted by Gasteiger charge is -2.30. The van der Waals surface area contributed by atoms with Crippen molar-refractivity contribution in [1.82, 2.24) is 8.61 Å². The van der Waals surface area contributed by atoms with E-state index in [9.17, 15) is 27.0 Å². The first kappa shape index (κ1) is 27.3. The zero-order valence-electron chi connectivity index (χ0n) is 19.5. The summed E-state index contributed by atoms with van der Waals surface area (Å²) in [7, 11) is -7.83. The predicted molar refractivity (Wildman–Crippen MR) is 128 cm³/mol. The molecule has 2 aromatic carbocycles. The minimum Gasteiger partial charge on any atom is -0.508 e. The number of hydrogen-bond donors (Lipinski definition) is 2. The van der Waals surface area contributed by atoms with Crippen LogP contribution in [0.25, 0.3) is 0 Å². The Morgan fingerprint density at radius 2 is 1.06 bits per heavy atom. The fourth-order valence-corrected chi connectivity index (χ4v) is 6.70.